The van der Waals surface area contributed by atoms with E-state index in [0.717, 1.165) is 22.2 Å². The molecule has 0 radical (unpaired) electrons. The molecule has 0 atom stereocenters. The molecule has 3 heteroatoms. The second-order valence-electron chi connectivity index (χ2n) is 4.46. The molecule has 0 spiro atoms. The monoisotopic (exact) mass is 253 g/mol. The molecule has 0 unspecified atom stereocenters. The summed E-state index contributed by atoms with van der Waals surface area (Å²) in [7, 11) is 0. The molecular weight excluding hydrogens is 241 g/mol. The summed E-state index contributed by atoms with van der Waals surface area (Å²) in [4.78, 5) is 4.54. The van der Waals surface area contributed by atoms with Gasteiger partial charge in [-0.25, -0.2) is 4.39 Å². The largest absolute Gasteiger partial charge is 0.505 e. The minimum atomic E-state index is -0.599. The van der Waals surface area contributed by atoms with Gasteiger partial charge < -0.3 is 5.11 Å². The third-order valence-electron chi connectivity index (χ3n) is 3.05. The zero-order valence-corrected chi connectivity index (χ0v) is 10.2. The van der Waals surface area contributed by atoms with Crippen molar-refractivity contribution in [2.45, 2.75) is 6.42 Å². The number of phenols is 1. The van der Waals surface area contributed by atoms with E-state index in [1.165, 1.54) is 12.1 Å². The van der Waals surface area contributed by atoms with E-state index in [2.05, 4.69) is 4.98 Å². The predicted molar refractivity (Wildman–Crippen MR) is 72.6 cm³/mol. The van der Waals surface area contributed by atoms with Crippen LogP contribution in [0.4, 0.5) is 4.39 Å². The second-order valence-corrected chi connectivity index (χ2v) is 4.46. The van der Waals surface area contributed by atoms with Crippen molar-refractivity contribution in [1.82, 2.24) is 4.98 Å². The fraction of sp³-hybridized carbons (Fsp3) is 0.0625. The molecule has 0 aliphatic rings. The van der Waals surface area contributed by atoms with Crippen LogP contribution in [0.5, 0.6) is 5.75 Å². The lowest BCUT2D eigenvalue weighted by molar-refractivity contribution is 0.432. The van der Waals surface area contributed by atoms with Gasteiger partial charge in [0.05, 0.1) is 5.52 Å². The van der Waals surface area contributed by atoms with Gasteiger partial charge in [-0.05, 0) is 29.8 Å². The van der Waals surface area contributed by atoms with Crippen LogP contribution in [0.3, 0.4) is 0 Å². The molecule has 94 valence electrons. The molecule has 0 fully saturated rings. The second kappa shape index (κ2) is 4.69. The van der Waals surface area contributed by atoms with E-state index in [4.69, 9.17) is 5.11 Å². The van der Waals surface area contributed by atoms with Gasteiger partial charge in [-0.3, -0.25) is 4.98 Å². The number of hydrogen-bond donors (Lipinski definition) is 1. The Hall–Kier alpha value is -2.42. The molecule has 0 aliphatic heterocycles. The Morgan fingerprint density at radius 2 is 1.84 bits per heavy atom. The van der Waals surface area contributed by atoms with Crippen molar-refractivity contribution in [2.24, 2.45) is 0 Å². The lowest BCUT2D eigenvalue weighted by Crippen LogP contribution is -1.93. The molecular formula is C16H12FNO. The number of pyridine rings is 1. The van der Waals surface area contributed by atoms with Crippen LogP contribution in [0, 0.1) is 5.82 Å². The molecule has 0 bridgehead atoms. The number of benzene rings is 2. The molecule has 0 amide bonds. The Morgan fingerprint density at radius 1 is 1.00 bits per heavy atom. The molecule has 0 aliphatic carbocycles. The lowest BCUT2D eigenvalue weighted by Gasteiger charge is -2.04. The fourth-order valence-corrected chi connectivity index (χ4v) is 2.08. The van der Waals surface area contributed by atoms with E-state index in [9.17, 15) is 4.39 Å². The average molecular weight is 253 g/mol. The topological polar surface area (TPSA) is 33.1 Å². The first-order valence-electron chi connectivity index (χ1n) is 6.04. The number of halogens is 1. The van der Waals surface area contributed by atoms with E-state index in [-0.39, 0.29) is 5.75 Å². The summed E-state index contributed by atoms with van der Waals surface area (Å²) in [5.74, 6) is -0.923. The SMILES string of the molecule is Oc1ccc(Cc2ccc3ccccc3n2)cc1F. The highest BCUT2D eigenvalue weighted by Crippen LogP contribution is 2.19. The Balaban J connectivity index is 1.94. The van der Waals surface area contributed by atoms with Gasteiger partial charge in [-0.2, -0.15) is 0 Å². The number of aromatic nitrogens is 1. The highest BCUT2D eigenvalue weighted by Gasteiger charge is 2.04. The summed E-state index contributed by atoms with van der Waals surface area (Å²) in [6, 6.07) is 16.2. The third kappa shape index (κ3) is 2.40. The molecule has 19 heavy (non-hydrogen) atoms. The van der Waals surface area contributed by atoms with Crippen molar-refractivity contribution in [2.75, 3.05) is 0 Å². The van der Waals surface area contributed by atoms with Crippen LogP contribution in [-0.2, 0) is 6.42 Å². The van der Waals surface area contributed by atoms with Gasteiger partial charge >= 0.3 is 0 Å². The van der Waals surface area contributed by atoms with Crippen LogP contribution in [0.1, 0.15) is 11.3 Å². The smallest absolute Gasteiger partial charge is 0.165 e. The summed E-state index contributed by atoms with van der Waals surface area (Å²) in [5.41, 5.74) is 2.60. The first-order valence-corrected chi connectivity index (χ1v) is 6.04. The van der Waals surface area contributed by atoms with Crippen molar-refractivity contribution in [3.63, 3.8) is 0 Å². The van der Waals surface area contributed by atoms with Crippen LogP contribution in [0.25, 0.3) is 10.9 Å². The lowest BCUT2D eigenvalue weighted by atomic mass is 10.1. The zero-order valence-electron chi connectivity index (χ0n) is 10.2. The number of fused-ring (bicyclic) bond motifs is 1. The Bertz CT molecular complexity index is 740. The number of hydrogen-bond acceptors (Lipinski definition) is 2. The van der Waals surface area contributed by atoms with E-state index in [1.807, 2.05) is 36.4 Å². The van der Waals surface area contributed by atoms with Gasteiger partial charge in [-0.1, -0.05) is 30.3 Å². The molecule has 3 aromatic rings. The minimum Gasteiger partial charge on any atom is -0.505 e. The van der Waals surface area contributed by atoms with Crippen LogP contribution in [0.15, 0.2) is 54.6 Å². The third-order valence-corrected chi connectivity index (χ3v) is 3.05. The summed E-state index contributed by atoms with van der Waals surface area (Å²) >= 11 is 0. The first-order chi connectivity index (χ1) is 9.22. The summed E-state index contributed by atoms with van der Waals surface area (Å²) in [6.45, 7) is 0. The van der Waals surface area contributed by atoms with Gasteiger partial charge in [0.25, 0.3) is 0 Å². The summed E-state index contributed by atoms with van der Waals surface area (Å²) in [6.07, 6.45) is 0.544. The highest BCUT2D eigenvalue weighted by atomic mass is 19.1. The van der Waals surface area contributed by atoms with Gasteiger partial charge in [0.15, 0.2) is 11.6 Å². The van der Waals surface area contributed by atoms with Crippen molar-refractivity contribution in [1.29, 1.82) is 0 Å². The maximum atomic E-state index is 13.3. The fourth-order valence-electron chi connectivity index (χ4n) is 2.08. The van der Waals surface area contributed by atoms with Crippen LogP contribution < -0.4 is 0 Å². The van der Waals surface area contributed by atoms with Crippen molar-refractivity contribution < 1.29 is 9.50 Å². The van der Waals surface area contributed by atoms with Crippen molar-refractivity contribution >= 4 is 10.9 Å². The van der Waals surface area contributed by atoms with Gasteiger partial charge in [0.1, 0.15) is 0 Å². The van der Waals surface area contributed by atoms with Gasteiger partial charge in [-0.15, -0.1) is 0 Å². The molecule has 0 saturated carbocycles. The molecule has 1 N–H and O–H groups in total. The van der Waals surface area contributed by atoms with Crippen molar-refractivity contribution in [3.05, 3.63) is 71.7 Å². The Morgan fingerprint density at radius 3 is 2.68 bits per heavy atom. The van der Waals surface area contributed by atoms with Gasteiger partial charge in [0, 0.05) is 17.5 Å². The maximum absolute atomic E-state index is 13.3. The first kappa shape index (κ1) is 11.7. The van der Waals surface area contributed by atoms with E-state index in [0.29, 0.717) is 6.42 Å². The van der Waals surface area contributed by atoms with E-state index < -0.39 is 5.82 Å². The van der Waals surface area contributed by atoms with E-state index in [1.54, 1.807) is 6.07 Å². The number of nitrogens with zero attached hydrogens (tertiary/aromatic N) is 1. The zero-order chi connectivity index (χ0) is 13.2. The van der Waals surface area contributed by atoms with Crippen molar-refractivity contribution in [3.8, 4) is 5.75 Å². The number of phenolic OH excluding ortho intramolecular Hbond substituents is 1. The van der Waals surface area contributed by atoms with Crippen LogP contribution in [0.2, 0.25) is 0 Å². The highest BCUT2D eigenvalue weighted by molar-refractivity contribution is 5.78. The maximum Gasteiger partial charge on any atom is 0.165 e. The van der Waals surface area contributed by atoms with E-state index >= 15 is 0 Å². The molecule has 1 aromatic heterocycles. The molecule has 0 saturated heterocycles. The summed E-state index contributed by atoms with van der Waals surface area (Å²) < 4.78 is 13.3. The molecule has 1 heterocycles. The number of para-hydroxylation sites is 1. The Labute approximate surface area is 110 Å². The predicted octanol–water partition coefficient (Wildman–Crippen LogP) is 3.67. The number of rotatable bonds is 2. The molecule has 3 rings (SSSR count). The average Bonchev–Trinajstić information content (AvgIpc) is 2.43. The Kier molecular flexibility index (Phi) is 2.88. The number of aromatic hydroxyl groups is 1. The van der Waals surface area contributed by atoms with Gasteiger partial charge in [0.2, 0.25) is 0 Å². The van der Waals surface area contributed by atoms with Crippen LogP contribution >= 0.6 is 0 Å². The standard InChI is InChI=1S/C16H12FNO/c17-14-10-11(5-8-16(14)19)9-13-7-6-12-3-1-2-4-15(12)18-13/h1-8,10,19H,9H2. The van der Waals surface area contributed by atoms with Crippen LogP contribution in [-0.4, -0.2) is 10.1 Å². The normalized spacial score (nSPS) is 10.8. The quantitative estimate of drug-likeness (QED) is 0.756. The summed E-state index contributed by atoms with van der Waals surface area (Å²) in [5, 5.41) is 10.2. The molecule has 2 aromatic carbocycles. The minimum absolute atomic E-state index is 0.324. The molecule has 2 nitrogen and oxygen atoms in total.